The van der Waals surface area contributed by atoms with Crippen LogP contribution in [0.25, 0.3) is 0 Å². The minimum Gasteiger partial charge on any atom is -0.349 e. The molecule has 0 amide bonds. The van der Waals surface area contributed by atoms with Gasteiger partial charge in [0.05, 0.1) is 0 Å². The second kappa shape index (κ2) is 5.32. The van der Waals surface area contributed by atoms with E-state index in [-0.39, 0.29) is 5.56 Å². The second-order valence-corrected chi connectivity index (χ2v) is 4.14. The molecule has 2 rings (SSSR count). The van der Waals surface area contributed by atoms with Crippen LogP contribution >= 0.6 is 11.6 Å². The lowest BCUT2D eigenvalue weighted by molar-refractivity contribution is 0.272. The highest BCUT2D eigenvalue weighted by Crippen LogP contribution is 2.07. The summed E-state index contributed by atoms with van der Waals surface area (Å²) in [4.78, 5) is 22.6. The molecule has 0 aromatic carbocycles. The summed E-state index contributed by atoms with van der Waals surface area (Å²) in [6, 6.07) is 0. The van der Waals surface area contributed by atoms with Gasteiger partial charge in [-0.15, -0.1) is 11.6 Å². The van der Waals surface area contributed by atoms with E-state index in [0.717, 1.165) is 32.7 Å². The fourth-order valence-corrected chi connectivity index (χ4v) is 2.11. The Morgan fingerprint density at radius 2 is 2.12 bits per heavy atom. The highest BCUT2D eigenvalue weighted by molar-refractivity contribution is 6.18. The summed E-state index contributed by atoms with van der Waals surface area (Å²) >= 11 is 5.69. The summed E-state index contributed by atoms with van der Waals surface area (Å²) in [7, 11) is 0. The summed E-state index contributed by atoms with van der Waals surface area (Å²) in [5.74, 6) is 1.18. The smallest absolute Gasteiger partial charge is 0.290 e. The first-order chi connectivity index (χ1) is 7.81. The number of anilines is 1. The molecule has 0 bridgehead atoms. The van der Waals surface area contributed by atoms with Gasteiger partial charge in [-0.2, -0.15) is 0 Å². The van der Waals surface area contributed by atoms with E-state index in [4.69, 9.17) is 11.6 Å². The number of H-pyrrole nitrogens is 1. The van der Waals surface area contributed by atoms with Crippen molar-refractivity contribution >= 4 is 17.4 Å². The zero-order valence-corrected chi connectivity index (χ0v) is 9.78. The van der Waals surface area contributed by atoms with Gasteiger partial charge in [-0.1, -0.05) is 0 Å². The lowest BCUT2D eigenvalue weighted by Gasteiger charge is -2.34. The Labute approximate surface area is 99.0 Å². The van der Waals surface area contributed by atoms with Crippen LogP contribution in [0.1, 0.15) is 0 Å². The number of aromatic nitrogens is 2. The number of halogens is 1. The predicted octanol–water partition coefficient (Wildman–Crippen LogP) is 0.131. The Balaban J connectivity index is 1.99. The number of rotatable bonds is 3. The van der Waals surface area contributed by atoms with E-state index in [9.17, 15) is 4.79 Å². The van der Waals surface area contributed by atoms with Gasteiger partial charge in [-0.25, -0.2) is 4.98 Å². The van der Waals surface area contributed by atoms with Crippen LogP contribution in [0.4, 0.5) is 5.82 Å². The lowest BCUT2D eigenvalue weighted by Crippen LogP contribution is -2.48. The van der Waals surface area contributed by atoms with Crippen molar-refractivity contribution in [1.29, 1.82) is 0 Å². The number of nitrogens with one attached hydrogen (secondary N) is 1. The fraction of sp³-hybridized carbons (Fsp3) is 0.600. The van der Waals surface area contributed by atoms with Gasteiger partial charge in [-0.3, -0.25) is 9.69 Å². The van der Waals surface area contributed by atoms with Crippen LogP contribution in [-0.4, -0.2) is 53.5 Å². The van der Waals surface area contributed by atoms with E-state index in [1.807, 2.05) is 4.90 Å². The van der Waals surface area contributed by atoms with Gasteiger partial charge in [0.1, 0.15) is 0 Å². The van der Waals surface area contributed by atoms with E-state index < -0.39 is 0 Å². The molecule has 5 nitrogen and oxygen atoms in total. The second-order valence-electron chi connectivity index (χ2n) is 3.76. The van der Waals surface area contributed by atoms with Crippen LogP contribution in [0.2, 0.25) is 0 Å². The number of hydrogen-bond donors (Lipinski definition) is 1. The van der Waals surface area contributed by atoms with Crippen LogP contribution in [0.5, 0.6) is 0 Å². The molecule has 1 aliphatic rings. The van der Waals surface area contributed by atoms with Crippen molar-refractivity contribution in [3.63, 3.8) is 0 Å². The third-order valence-corrected chi connectivity index (χ3v) is 2.93. The van der Waals surface area contributed by atoms with Crippen LogP contribution in [0.3, 0.4) is 0 Å². The molecule has 0 atom stereocenters. The SMILES string of the molecule is O=c1[nH]ccnc1N1CCN(CCCl)CC1. The molecule has 1 aromatic rings. The zero-order chi connectivity index (χ0) is 11.4. The van der Waals surface area contributed by atoms with E-state index in [1.54, 1.807) is 12.4 Å². The molecule has 6 heteroatoms. The maximum absolute atomic E-state index is 11.5. The Morgan fingerprint density at radius 3 is 2.75 bits per heavy atom. The van der Waals surface area contributed by atoms with Crippen molar-refractivity contribution in [2.75, 3.05) is 43.5 Å². The molecule has 0 saturated carbocycles. The minimum absolute atomic E-state index is 0.117. The maximum atomic E-state index is 11.5. The van der Waals surface area contributed by atoms with E-state index in [0.29, 0.717) is 11.7 Å². The Bertz CT molecular complexity index is 386. The fourth-order valence-electron chi connectivity index (χ4n) is 1.87. The first kappa shape index (κ1) is 11.4. The Kier molecular flexibility index (Phi) is 3.79. The Morgan fingerprint density at radius 1 is 1.38 bits per heavy atom. The summed E-state index contributed by atoms with van der Waals surface area (Å²) in [5, 5.41) is 0. The number of nitrogens with zero attached hydrogens (tertiary/aromatic N) is 3. The van der Waals surface area contributed by atoms with Gasteiger partial charge in [0.25, 0.3) is 5.56 Å². The first-order valence-electron chi connectivity index (χ1n) is 5.38. The van der Waals surface area contributed by atoms with Crippen LogP contribution in [-0.2, 0) is 0 Å². The van der Waals surface area contributed by atoms with Crippen molar-refractivity contribution in [1.82, 2.24) is 14.9 Å². The predicted molar refractivity (Wildman–Crippen MR) is 64.2 cm³/mol. The van der Waals surface area contributed by atoms with E-state index in [2.05, 4.69) is 14.9 Å². The van der Waals surface area contributed by atoms with Gasteiger partial charge in [0, 0.05) is 51.0 Å². The minimum atomic E-state index is -0.117. The quantitative estimate of drug-likeness (QED) is 0.766. The number of piperazine rings is 1. The monoisotopic (exact) mass is 242 g/mol. The lowest BCUT2D eigenvalue weighted by atomic mass is 10.3. The highest BCUT2D eigenvalue weighted by Gasteiger charge is 2.19. The number of aromatic amines is 1. The van der Waals surface area contributed by atoms with E-state index >= 15 is 0 Å². The molecule has 16 heavy (non-hydrogen) atoms. The zero-order valence-electron chi connectivity index (χ0n) is 9.03. The molecule has 2 heterocycles. The molecule has 1 N–H and O–H groups in total. The van der Waals surface area contributed by atoms with Crippen LogP contribution < -0.4 is 10.5 Å². The van der Waals surface area contributed by atoms with E-state index in [1.165, 1.54) is 0 Å². The standard InChI is InChI=1S/C10H15ClN4O/c11-1-4-14-5-7-15(8-6-14)9-10(16)13-3-2-12-9/h2-3H,1,4-8H2,(H,13,16). The van der Waals surface area contributed by atoms with Gasteiger partial charge in [-0.05, 0) is 0 Å². The third-order valence-electron chi connectivity index (χ3n) is 2.76. The van der Waals surface area contributed by atoms with Crippen molar-refractivity contribution in [3.8, 4) is 0 Å². The Hall–Kier alpha value is -1.07. The normalized spacial score (nSPS) is 17.7. The highest BCUT2D eigenvalue weighted by atomic mass is 35.5. The first-order valence-corrected chi connectivity index (χ1v) is 5.91. The van der Waals surface area contributed by atoms with Gasteiger partial charge in [0.15, 0.2) is 5.82 Å². The molecule has 1 aliphatic heterocycles. The molecule has 1 fully saturated rings. The summed E-state index contributed by atoms with van der Waals surface area (Å²) in [6.45, 7) is 4.44. The third kappa shape index (κ3) is 2.54. The molecule has 0 spiro atoms. The van der Waals surface area contributed by atoms with Crippen molar-refractivity contribution < 1.29 is 0 Å². The maximum Gasteiger partial charge on any atom is 0.290 e. The van der Waals surface area contributed by atoms with Gasteiger partial charge in [0.2, 0.25) is 0 Å². The summed E-state index contributed by atoms with van der Waals surface area (Å²) in [6.07, 6.45) is 3.16. The van der Waals surface area contributed by atoms with Crippen molar-refractivity contribution in [3.05, 3.63) is 22.7 Å². The van der Waals surface area contributed by atoms with Crippen molar-refractivity contribution in [2.45, 2.75) is 0 Å². The number of hydrogen-bond acceptors (Lipinski definition) is 4. The molecule has 0 aliphatic carbocycles. The van der Waals surface area contributed by atoms with Crippen LogP contribution in [0.15, 0.2) is 17.2 Å². The van der Waals surface area contributed by atoms with Crippen LogP contribution in [0, 0.1) is 0 Å². The number of alkyl halides is 1. The summed E-state index contributed by atoms with van der Waals surface area (Å²) < 4.78 is 0. The molecule has 0 radical (unpaired) electrons. The molecule has 1 saturated heterocycles. The molecular weight excluding hydrogens is 228 g/mol. The van der Waals surface area contributed by atoms with Crippen molar-refractivity contribution in [2.24, 2.45) is 0 Å². The van der Waals surface area contributed by atoms with Gasteiger partial charge >= 0.3 is 0 Å². The average molecular weight is 243 g/mol. The average Bonchev–Trinajstić information content (AvgIpc) is 2.31. The largest absolute Gasteiger partial charge is 0.349 e. The topological polar surface area (TPSA) is 52.2 Å². The molecule has 88 valence electrons. The summed E-state index contributed by atoms with van der Waals surface area (Å²) in [5.41, 5.74) is -0.117. The molecule has 1 aromatic heterocycles. The van der Waals surface area contributed by atoms with Gasteiger partial charge < -0.3 is 9.88 Å². The molecular formula is C10H15ClN4O. The molecule has 0 unspecified atom stereocenters.